The van der Waals surface area contributed by atoms with Gasteiger partial charge >= 0.3 is 0 Å². The Balaban J connectivity index is 1.64. The second-order valence-corrected chi connectivity index (χ2v) is 7.65. The fraction of sp³-hybridized carbons (Fsp3) is 0.261. The summed E-state index contributed by atoms with van der Waals surface area (Å²) >= 11 is 1.49. The van der Waals surface area contributed by atoms with E-state index in [4.69, 9.17) is 9.72 Å². The number of hydrogen-bond acceptors (Lipinski definition) is 7. The first-order valence-electron chi connectivity index (χ1n) is 9.79. The zero-order valence-corrected chi connectivity index (χ0v) is 17.9. The summed E-state index contributed by atoms with van der Waals surface area (Å²) < 4.78 is 5.52. The van der Waals surface area contributed by atoms with Gasteiger partial charge in [0.25, 0.3) is 0 Å². The Morgan fingerprint density at radius 3 is 2.27 bits per heavy atom. The van der Waals surface area contributed by atoms with Gasteiger partial charge in [-0.05, 0) is 18.4 Å². The zero-order valence-electron chi connectivity index (χ0n) is 17.1. The van der Waals surface area contributed by atoms with Crippen molar-refractivity contribution in [2.45, 2.75) is 5.16 Å². The van der Waals surface area contributed by atoms with Gasteiger partial charge in [0, 0.05) is 31.7 Å². The van der Waals surface area contributed by atoms with Gasteiger partial charge in [-0.1, -0.05) is 54.2 Å². The summed E-state index contributed by atoms with van der Waals surface area (Å²) in [6, 6.07) is 20.3. The van der Waals surface area contributed by atoms with Gasteiger partial charge in [-0.3, -0.25) is 0 Å². The predicted molar refractivity (Wildman–Crippen MR) is 121 cm³/mol. The smallest absolute Gasteiger partial charge is 0.189 e. The van der Waals surface area contributed by atoms with Crippen molar-refractivity contribution >= 4 is 23.3 Å². The predicted octanol–water partition coefficient (Wildman–Crippen LogP) is 4.07. The lowest BCUT2D eigenvalue weighted by Gasteiger charge is -2.37. The minimum absolute atomic E-state index is 0.532. The van der Waals surface area contributed by atoms with Crippen LogP contribution >= 0.6 is 11.8 Å². The number of para-hydroxylation sites is 2. The number of ether oxygens (including phenoxy) is 1. The summed E-state index contributed by atoms with van der Waals surface area (Å²) in [7, 11) is 1.70. The summed E-state index contributed by atoms with van der Waals surface area (Å²) in [6.07, 6.45) is 1.96. The van der Waals surface area contributed by atoms with Crippen LogP contribution in [0, 0.1) is 11.3 Å². The second kappa shape index (κ2) is 9.06. The molecule has 0 spiro atoms. The van der Waals surface area contributed by atoms with Crippen LogP contribution in [-0.2, 0) is 0 Å². The summed E-state index contributed by atoms with van der Waals surface area (Å²) in [5.41, 5.74) is 3.25. The van der Waals surface area contributed by atoms with Crippen LogP contribution in [0.4, 0.5) is 11.5 Å². The van der Waals surface area contributed by atoms with Crippen molar-refractivity contribution in [2.75, 3.05) is 49.3 Å². The molecule has 2 aromatic carbocycles. The van der Waals surface area contributed by atoms with Gasteiger partial charge in [0.1, 0.15) is 17.4 Å². The third kappa shape index (κ3) is 3.91. The molecule has 3 aromatic rings. The highest BCUT2D eigenvalue weighted by Crippen LogP contribution is 2.32. The number of thioether (sulfide) groups is 1. The number of benzene rings is 2. The van der Waals surface area contributed by atoms with Crippen LogP contribution in [0.5, 0.6) is 5.75 Å². The fourth-order valence-electron chi connectivity index (χ4n) is 3.71. The van der Waals surface area contributed by atoms with E-state index in [9.17, 15) is 5.26 Å². The number of methoxy groups -OCH3 is 1. The molecule has 1 aromatic heterocycles. The van der Waals surface area contributed by atoms with Gasteiger partial charge in [0.2, 0.25) is 0 Å². The zero-order chi connectivity index (χ0) is 20.9. The van der Waals surface area contributed by atoms with Gasteiger partial charge in [-0.25, -0.2) is 9.97 Å². The van der Waals surface area contributed by atoms with E-state index in [1.807, 2.05) is 54.8 Å². The number of anilines is 2. The Morgan fingerprint density at radius 2 is 1.60 bits per heavy atom. The molecule has 152 valence electrons. The molecule has 0 amide bonds. The highest BCUT2D eigenvalue weighted by atomic mass is 32.2. The quantitative estimate of drug-likeness (QED) is 0.458. The molecular formula is C23H23N5OS. The van der Waals surface area contributed by atoms with Gasteiger partial charge in [0.05, 0.1) is 18.5 Å². The molecular weight excluding hydrogens is 394 g/mol. The van der Waals surface area contributed by atoms with E-state index in [1.165, 1.54) is 11.8 Å². The van der Waals surface area contributed by atoms with Crippen molar-refractivity contribution in [1.82, 2.24) is 9.97 Å². The first kappa shape index (κ1) is 20.0. The highest BCUT2D eigenvalue weighted by Gasteiger charge is 2.25. The van der Waals surface area contributed by atoms with E-state index >= 15 is 0 Å². The number of rotatable bonds is 5. The molecule has 1 fully saturated rings. The van der Waals surface area contributed by atoms with E-state index in [0.717, 1.165) is 49.0 Å². The molecule has 0 aliphatic carbocycles. The van der Waals surface area contributed by atoms with Crippen LogP contribution in [0.15, 0.2) is 59.8 Å². The van der Waals surface area contributed by atoms with E-state index in [2.05, 4.69) is 26.9 Å². The lowest BCUT2D eigenvalue weighted by atomic mass is 10.1. The lowest BCUT2D eigenvalue weighted by molar-refractivity contribution is 0.413. The van der Waals surface area contributed by atoms with Crippen molar-refractivity contribution in [3.05, 3.63) is 60.2 Å². The molecule has 2 heterocycles. The minimum Gasteiger partial charge on any atom is -0.495 e. The Morgan fingerprint density at radius 1 is 0.933 bits per heavy atom. The Hall–Kier alpha value is -3.24. The van der Waals surface area contributed by atoms with Gasteiger partial charge in [-0.2, -0.15) is 5.26 Å². The Labute approximate surface area is 181 Å². The molecule has 6 nitrogen and oxygen atoms in total. The van der Waals surface area contributed by atoms with Gasteiger partial charge < -0.3 is 14.5 Å². The molecule has 30 heavy (non-hydrogen) atoms. The monoisotopic (exact) mass is 417 g/mol. The average Bonchev–Trinajstić information content (AvgIpc) is 2.83. The third-order valence-corrected chi connectivity index (χ3v) is 5.76. The SMILES string of the molecule is COc1ccccc1N1CCN(c2nc(SC)nc(-c3ccccc3)c2C#N)CC1. The van der Waals surface area contributed by atoms with Gasteiger partial charge in [-0.15, -0.1) is 0 Å². The minimum atomic E-state index is 0.532. The van der Waals surface area contributed by atoms with E-state index in [0.29, 0.717) is 16.4 Å². The van der Waals surface area contributed by atoms with Crippen molar-refractivity contribution in [1.29, 1.82) is 5.26 Å². The van der Waals surface area contributed by atoms with Crippen LogP contribution in [0.25, 0.3) is 11.3 Å². The normalized spacial score (nSPS) is 13.8. The molecule has 0 bridgehead atoms. The Kier molecular flexibility index (Phi) is 6.05. The second-order valence-electron chi connectivity index (χ2n) is 6.88. The van der Waals surface area contributed by atoms with Crippen LogP contribution in [0.1, 0.15) is 5.56 Å². The van der Waals surface area contributed by atoms with E-state index in [1.54, 1.807) is 7.11 Å². The molecule has 1 saturated heterocycles. The van der Waals surface area contributed by atoms with E-state index in [-0.39, 0.29) is 0 Å². The summed E-state index contributed by atoms with van der Waals surface area (Å²) in [4.78, 5) is 13.9. The summed E-state index contributed by atoms with van der Waals surface area (Å²) in [5, 5.41) is 10.6. The molecule has 4 rings (SSSR count). The molecule has 0 atom stereocenters. The van der Waals surface area contributed by atoms with Crippen molar-refractivity contribution < 1.29 is 4.74 Å². The summed E-state index contributed by atoms with van der Waals surface area (Å²) in [5.74, 6) is 1.59. The van der Waals surface area contributed by atoms with E-state index < -0.39 is 0 Å². The maximum Gasteiger partial charge on any atom is 0.189 e. The highest BCUT2D eigenvalue weighted by molar-refractivity contribution is 7.98. The number of nitrogens with zero attached hydrogens (tertiary/aromatic N) is 5. The fourth-order valence-corrected chi connectivity index (χ4v) is 4.07. The standard InChI is InChI=1S/C23H23N5OS/c1-29-20-11-7-6-10-19(20)27-12-14-28(15-13-27)22-18(16-24)21(25-23(26-22)30-2)17-8-4-3-5-9-17/h3-11H,12-15H2,1-2H3. The topological polar surface area (TPSA) is 65.3 Å². The molecule has 7 heteroatoms. The number of piperazine rings is 1. The molecule has 0 saturated carbocycles. The lowest BCUT2D eigenvalue weighted by Crippen LogP contribution is -2.47. The van der Waals surface area contributed by atoms with Crippen LogP contribution in [0.3, 0.4) is 0 Å². The van der Waals surface area contributed by atoms with Gasteiger partial charge in [0.15, 0.2) is 11.0 Å². The molecule has 0 N–H and O–H groups in total. The number of nitriles is 1. The molecule has 1 aliphatic rings. The van der Waals surface area contributed by atoms with Crippen molar-refractivity contribution in [2.24, 2.45) is 0 Å². The van der Waals surface area contributed by atoms with Crippen LogP contribution < -0.4 is 14.5 Å². The molecule has 0 unspecified atom stereocenters. The molecule has 0 radical (unpaired) electrons. The maximum absolute atomic E-state index is 9.96. The van der Waals surface area contributed by atoms with Crippen LogP contribution in [-0.4, -0.2) is 49.5 Å². The average molecular weight is 418 g/mol. The third-order valence-electron chi connectivity index (χ3n) is 5.22. The first-order valence-corrected chi connectivity index (χ1v) is 11.0. The maximum atomic E-state index is 9.96. The summed E-state index contributed by atoms with van der Waals surface area (Å²) in [6.45, 7) is 3.19. The largest absolute Gasteiger partial charge is 0.495 e. The first-order chi connectivity index (χ1) is 14.7. The Bertz CT molecular complexity index is 1060. The van der Waals surface area contributed by atoms with Crippen molar-refractivity contribution in [3.8, 4) is 23.1 Å². The molecule has 1 aliphatic heterocycles. The number of hydrogen-bond donors (Lipinski definition) is 0. The number of aromatic nitrogens is 2. The van der Waals surface area contributed by atoms with Crippen LogP contribution in [0.2, 0.25) is 0 Å². The van der Waals surface area contributed by atoms with Crippen molar-refractivity contribution in [3.63, 3.8) is 0 Å².